The van der Waals surface area contributed by atoms with Crippen LogP contribution in [0.1, 0.15) is 25.7 Å². The lowest BCUT2D eigenvalue weighted by molar-refractivity contribution is -0.235. The van der Waals surface area contributed by atoms with E-state index in [2.05, 4.69) is 9.78 Å². The molecule has 70 valence electrons. The summed E-state index contributed by atoms with van der Waals surface area (Å²) < 4.78 is 0. The van der Waals surface area contributed by atoms with Crippen LogP contribution < -0.4 is 0 Å². The first-order chi connectivity index (χ1) is 6.23. The number of carbonyl (C=O) groups excluding carboxylic acids is 2. The molecule has 0 aromatic carbocycles. The van der Waals surface area contributed by atoms with Crippen molar-refractivity contribution in [2.24, 2.45) is 17.3 Å². The van der Waals surface area contributed by atoms with Crippen LogP contribution in [0.4, 0.5) is 0 Å². The van der Waals surface area contributed by atoms with Crippen LogP contribution >= 0.6 is 0 Å². The van der Waals surface area contributed by atoms with Gasteiger partial charge in [0.15, 0.2) is 5.41 Å². The van der Waals surface area contributed by atoms with Crippen LogP contribution in [0.2, 0.25) is 0 Å². The zero-order valence-corrected chi connectivity index (χ0v) is 7.12. The molecule has 13 heavy (non-hydrogen) atoms. The van der Waals surface area contributed by atoms with Gasteiger partial charge >= 0.3 is 11.9 Å². The Bertz CT molecular complexity index is 280. The van der Waals surface area contributed by atoms with Gasteiger partial charge in [-0.15, -0.1) is 0 Å². The van der Waals surface area contributed by atoms with Gasteiger partial charge in [-0.3, -0.25) is 0 Å². The highest BCUT2D eigenvalue weighted by atomic mass is 17.2. The standard InChI is InChI=1S/C9H10O4/c10-7-9(8(11)13-12-7)4-5-1-2-6(9)3-5/h5-6H,1-4H2. The van der Waals surface area contributed by atoms with Crippen molar-refractivity contribution in [3.63, 3.8) is 0 Å². The van der Waals surface area contributed by atoms with Gasteiger partial charge in [0.2, 0.25) is 0 Å². The summed E-state index contributed by atoms with van der Waals surface area (Å²) in [6.45, 7) is 0. The summed E-state index contributed by atoms with van der Waals surface area (Å²) in [5.74, 6) is -0.197. The highest BCUT2D eigenvalue weighted by Crippen LogP contribution is 2.58. The first kappa shape index (κ1) is 7.35. The molecule has 1 spiro atoms. The predicted octanol–water partition coefficient (Wildman–Crippen LogP) is 0.808. The topological polar surface area (TPSA) is 52.6 Å². The van der Waals surface area contributed by atoms with E-state index < -0.39 is 17.4 Å². The molecule has 1 heterocycles. The molecule has 2 aliphatic carbocycles. The van der Waals surface area contributed by atoms with Crippen LogP contribution in [0, 0.1) is 17.3 Å². The van der Waals surface area contributed by atoms with E-state index in [-0.39, 0.29) is 5.92 Å². The van der Waals surface area contributed by atoms with Gasteiger partial charge in [0, 0.05) is 0 Å². The molecule has 3 rings (SSSR count). The van der Waals surface area contributed by atoms with Crippen LogP contribution in [0.3, 0.4) is 0 Å². The molecule has 2 atom stereocenters. The summed E-state index contributed by atoms with van der Waals surface area (Å²) >= 11 is 0. The number of fused-ring (bicyclic) bond motifs is 3. The van der Waals surface area contributed by atoms with Crippen LogP contribution in [0.25, 0.3) is 0 Å². The molecule has 4 heteroatoms. The van der Waals surface area contributed by atoms with Gasteiger partial charge in [0.25, 0.3) is 0 Å². The van der Waals surface area contributed by atoms with Crippen LogP contribution in [-0.4, -0.2) is 11.9 Å². The average Bonchev–Trinajstić information content (AvgIpc) is 2.77. The summed E-state index contributed by atoms with van der Waals surface area (Å²) in [4.78, 5) is 31.6. The van der Waals surface area contributed by atoms with Crippen molar-refractivity contribution >= 4 is 11.9 Å². The minimum absolute atomic E-state index is 0.181. The Morgan fingerprint density at radius 2 is 1.85 bits per heavy atom. The maximum Gasteiger partial charge on any atom is 0.373 e. The van der Waals surface area contributed by atoms with E-state index in [0.29, 0.717) is 12.3 Å². The van der Waals surface area contributed by atoms with Crippen molar-refractivity contribution < 1.29 is 19.4 Å². The van der Waals surface area contributed by atoms with Crippen molar-refractivity contribution in [1.82, 2.24) is 0 Å². The maximum atomic E-state index is 11.4. The lowest BCUT2D eigenvalue weighted by atomic mass is 9.73. The zero-order valence-electron chi connectivity index (χ0n) is 7.12. The summed E-state index contributed by atoms with van der Waals surface area (Å²) in [7, 11) is 0. The Kier molecular flexibility index (Phi) is 1.16. The smallest absolute Gasteiger partial charge is 0.246 e. The highest BCUT2D eigenvalue weighted by Gasteiger charge is 2.66. The quantitative estimate of drug-likeness (QED) is 0.411. The zero-order chi connectivity index (χ0) is 9.05. The first-order valence-corrected chi connectivity index (χ1v) is 4.67. The lowest BCUT2D eigenvalue weighted by Crippen LogP contribution is -2.38. The Balaban J connectivity index is 2.04. The summed E-state index contributed by atoms with van der Waals surface area (Å²) in [5, 5.41) is 0. The number of hydrogen-bond donors (Lipinski definition) is 0. The van der Waals surface area contributed by atoms with Gasteiger partial charge in [-0.2, -0.15) is 0 Å². The molecule has 2 unspecified atom stereocenters. The third-order valence-corrected chi connectivity index (χ3v) is 3.77. The number of carbonyl (C=O) groups is 2. The van der Waals surface area contributed by atoms with Crippen molar-refractivity contribution in [2.45, 2.75) is 25.7 Å². The fourth-order valence-electron chi connectivity index (χ4n) is 3.14. The summed E-state index contributed by atoms with van der Waals surface area (Å²) in [6.07, 6.45) is 3.75. The molecule has 0 aromatic heterocycles. The Morgan fingerprint density at radius 3 is 2.31 bits per heavy atom. The Labute approximate surface area is 75.1 Å². The third kappa shape index (κ3) is 0.677. The van der Waals surface area contributed by atoms with Gasteiger partial charge in [-0.05, 0) is 31.1 Å². The fraction of sp³-hybridized carbons (Fsp3) is 0.778. The van der Waals surface area contributed by atoms with E-state index in [1.54, 1.807) is 0 Å². The minimum Gasteiger partial charge on any atom is -0.246 e. The second-order valence-corrected chi connectivity index (χ2v) is 4.29. The van der Waals surface area contributed by atoms with E-state index in [9.17, 15) is 9.59 Å². The summed E-state index contributed by atoms with van der Waals surface area (Å²) in [5.41, 5.74) is -0.900. The predicted molar refractivity (Wildman–Crippen MR) is 40.1 cm³/mol. The van der Waals surface area contributed by atoms with E-state index in [1.807, 2.05) is 0 Å². The minimum atomic E-state index is -0.900. The molecule has 0 amide bonds. The Hall–Kier alpha value is -1.06. The Morgan fingerprint density at radius 1 is 1.15 bits per heavy atom. The molecule has 4 nitrogen and oxygen atoms in total. The molecule has 2 bridgehead atoms. The van der Waals surface area contributed by atoms with Crippen molar-refractivity contribution in [2.75, 3.05) is 0 Å². The average molecular weight is 182 g/mol. The largest absolute Gasteiger partial charge is 0.373 e. The van der Waals surface area contributed by atoms with Crippen molar-refractivity contribution in [1.29, 1.82) is 0 Å². The van der Waals surface area contributed by atoms with E-state index >= 15 is 0 Å². The monoisotopic (exact) mass is 182 g/mol. The normalized spacial score (nSPS) is 39.7. The van der Waals surface area contributed by atoms with Crippen molar-refractivity contribution in [3.05, 3.63) is 0 Å². The maximum absolute atomic E-state index is 11.4. The highest BCUT2D eigenvalue weighted by molar-refractivity contribution is 6.03. The molecular weight excluding hydrogens is 172 g/mol. The fourth-order valence-corrected chi connectivity index (χ4v) is 3.14. The van der Waals surface area contributed by atoms with Gasteiger partial charge in [-0.1, -0.05) is 6.42 Å². The molecule has 3 fully saturated rings. The SMILES string of the molecule is O=C1OOC(=O)C12CC1CCC2C1. The van der Waals surface area contributed by atoms with E-state index in [4.69, 9.17) is 0 Å². The van der Waals surface area contributed by atoms with Gasteiger partial charge in [0.1, 0.15) is 0 Å². The molecule has 1 saturated heterocycles. The molecule has 3 aliphatic rings. The second kappa shape index (κ2) is 2.05. The van der Waals surface area contributed by atoms with Crippen molar-refractivity contribution in [3.8, 4) is 0 Å². The molecular formula is C9H10O4. The van der Waals surface area contributed by atoms with Gasteiger partial charge < -0.3 is 0 Å². The first-order valence-electron chi connectivity index (χ1n) is 4.67. The molecule has 0 aromatic rings. The molecule has 0 radical (unpaired) electrons. The van der Waals surface area contributed by atoms with Gasteiger partial charge in [0.05, 0.1) is 0 Å². The summed E-state index contributed by atoms with van der Waals surface area (Å²) in [6, 6.07) is 0. The van der Waals surface area contributed by atoms with Gasteiger partial charge in [-0.25, -0.2) is 19.4 Å². The molecule has 2 saturated carbocycles. The molecule has 0 N–H and O–H groups in total. The van der Waals surface area contributed by atoms with E-state index in [1.165, 1.54) is 0 Å². The second-order valence-electron chi connectivity index (χ2n) is 4.29. The number of rotatable bonds is 0. The molecule has 1 aliphatic heterocycles. The lowest BCUT2D eigenvalue weighted by Gasteiger charge is -2.23. The van der Waals surface area contributed by atoms with Crippen LogP contribution in [0.5, 0.6) is 0 Å². The van der Waals surface area contributed by atoms with E-state index in [0.717, 1.165) is 19.3 Å². The van der Waals surface area contributed by atoms with Crippen LogP contribution in [0.15, 0.2) is 0 Å². The van der Waals surface area contributed by atoms with Crippen LogP contribution in [-0.2, 0) is 19.4 Å². The number of hydrogen-bond acceptors (Lipinski definition) is 4. The third-order valence-electron chi connectivity index (χ3n) is 3.77.